The monoisotopic (exact) mass is 640 g/mol. The highest BCUT2D eigenvalue weighted by atomic mass is 32.2. The number of nitrogens with one attached hydrogen (secondary N) is 2. The van der Waals surface area contributed by atoms with Gasteiger partial charge in [-0.1, -0.05) is 6.92 Å². The molecule has 0 unspecified atom stereocenters. The van der Waals surface area contributed by atoms with Crippen LogP contribution < -0.4 is 24.2 Å². The summed E-state index contributed by atoms with van der Waals surface area (Å²) in [7, 11) is 0.773. The minimum atomic E-state index is -3.94. The summed E-state index contributed by atoms with van der Waals surface area (Å²) < 4.78 is 45.5. The Balaban J connectivity index is 1.59. The molecule has 13 heteroatoms. The van der Waals surface area contributed by atoms with Gasteiger partial charge in [0.25, 0.3) is 10.0 Å². The molecule has 3 aromatic rings. The second-order valence-corrected chi connectivity index (χ2v) is 12.7. The Labute approximate surface area is 263 Å². The summed E-state index contributed by atoms with van der Waals surface area (Å²) >= 11 is 0. The van der Waals surface area contributed by atoms with E-state index in [4.69, 9.17) is 14.2 Å². The van der Waals surface area contributed by atoms with Gasteiger partial charge in [-0.15, -0.1) is 0 Å². The summed E-state index contributed by atoms with van der Waals surface area (Å²) in [6.07, 6.45) is -0.623. The molecule has 1 aliphatic rings. The van der Waals surface area contributed by atoms with Crippen LogP contribution in [-0.2, 0) is 21.2 Å². The van der Waals surface area contributed by atoms with E-state index in [9.17, 15) is 23.1 Å². The standard InChI is InChI=1S/C32H40N4O8S/c1-21-18-36(22(2)20-37)31(38)17-23-16-25(34-45(40,41)28-13-11-27(43-5)12-14-28)8-15-29(23)44-30(21)19-35(3)32(39)33-24-6-9-26(42-4)10-7-24/h6-16,21-22,30,34,37H,17-20H2,1-5H3,(H,33,39)/t21-,22-,30-/m0/s1. The Kier molecular flexibility index (Phi) is 10.8. The number of ether oxygens (including phenoxy) is 3. The molecule has 3 aromatic carbocycles. The van der Waals surface area contributed by atoms with Crippen LogP contribution in [0.1, 0.15) is 19.4 Å². The number of aliphatic hydroxyl groups is 1. The van der Waals surface area contributed by atoms with Crippen molar-refractivity contribution in [2.45, 2.75) is 37.3 Å². The SMILES string of the molecule is COc1ccc(NC(=O)N(C)C[C@@H]2Oc3ccc(NS(=O)(=O)c4ccc(OC)cc4)cc3CC(=O)N([C@@H](C)CO)C[C@@H]2C)cc1. The van der Waals surface area contributed by atoms with Crippen LogP contribution in [0.3, 0.4) is 0 Å². The molecule has 12 nitrogen and oxygen atoms in total. The third kappa shape index (κ3) is 8.37. The lowest BCUT2D eigenvalue weighted by Crippen LogP contribution is -2.48. The summed E-state index contributed by atoms with van der Waals surface area (Å²) in [6.45, 7) is 3.91. The first-order valence-corrected chi connectivity index (χ1v) is 15.9. The van der Waals surface area contributed by atoms with Crippen LogP contribution in [0.2, 0.25) is 0 Å². The molecule has 0 radical (unpaired) electrons. The van der Waals surface area contributed by atoms with Gasteiger partial charge in [0.2, 0.25) is 5.91 Å². The molecule has 1 aliphatic heterocycles. The minimum Gasteiger partial charge on any atom is -0.497 e. The number of carbonyl (C=O) groups excluding carboxylic acids is 2. The van der Waals surface area contributed by atoms with Crippen LogP contribution in [0.25, 0.3) is 0 Å². The highest BCUT2D eigenvalue weighted by Crippen LogP contribution is 2.30. The number of urea groups is 1. The maximum atomic E-state index is 13.5. The number of methoxy groups -OCH3 is 2. The van der Waals surface area contributed by atoms with Crippen LogP contribution in [-0.4, -0.2) is 88.4 Å². The number of likely N-dealkylation sites (N-methyl/N-ethyl adjacent to an activating group) is 1. The number of fused-ring (bicyclic) bond motifs is 1. The van der Waals surface area contributed by atoms with Crippen LogP contribution in [0.5, 0.6) is 17.2 Å². The Morgan fingerprint density at radius 2 is 1.64 bits per heavy atom. The molecule has 0 bridgehead atoms. The summed E-state index contributed by atoms with van der Waals surface area (Å²) in [5, 5.41) is 12.8. The van der Waals surface area contributed by atoms with Crippen molar-refractivity contribution in [1.29, 1.82) is 0 Å². The van der Waals surface area contributed by atoms with Gasteiger partial charge < -0.3 is 34.4 Å². The molecule has 0 aromatic heterocycles. The van der Waals surface area contributed by atoms with Crippen molar-refractivity contribution in [2.75, 3.05) is 51.0 Å². The van der Waals surface area contributed by atoms with Gasteiger partial charge in [-0.2, -0.15) is 0 Å². The molecule has 3 N–H and O–H groups in total. The van der Waals surface area contributed by atoms with Crippen LogP contribution in [0, 0.1) is 5.92 Å². The lowest BCUT2D eigenvalue weighted by Gasteiger charge is -2.34. The summed E-state index contributed by atoms with van der Waals surface area (Å²) in [6, 6.07) is 16.9. The van der Waals surface area contributed by atoms with Gasteiger partial charge in [-0.05, 0) is 73.7 Å². The van der Waals surface area contributed by atoms with Crippen molar-refractivity contribution in [2.24, 2.45) is 5.92 Å². The van der Waals surface area contributed by atoms with Gasteiger partial charge in [-0.3, -0.25) is 9.52 Å². The second kappa shape index (κ2) is 14.5. The fourth-order valence-electron chi connectivity index (χ4n) is 4.93. The van der Waals surface area contributed by atoms with Crippen molar-refractivity contribution in [3.05, 3.63) is 72.3 Å². The molecule has 0 spiro atoms. The Hall–Kier alpha value is -4.49. The molecule has 45 heavy (non-hydrogen) atoms. The van der Waals surface area contributed by atoms with Gasteiger partial charge in [0.1, 0.15) is 23.4 Å². The molecule has 0 saturated heterocycles. The molecule has 0 aliphatic carbocycles. The average molecular weight is 641 g/mol. The number of benzene rings is 3. The second-order valence-electron chi connectivity index (χ2n) is 11.0. The van der Waals surface area contributed by atoms with E-state index in [0.29, 0.717) is 28.5 Å². The number of rotatable bonds is 10. The van der Waals surface area contributed by atoms with E-state index in [1.165, 1.54) is 24.1 Å². The van der Waals surface area contributed by atoms with Crippen molar-refractivity contribution in [3.63, 3.8) is 0 Å². The molecular weight excluding hydrogens is 600 g/mol. The first-order valence-electron chi connectivity index (χ1n) is 14.5. The molecule has 0 saturated carbocycles. The topological polar surface area (TPSA) is 147 Å². The molecule has 3 atom stereocenters. The first-order chi connectivity index (χ1) is 21.4. The smallest absolute Gasteiger partial charge is 0.321 e. The third-order valence-electron chi connectivity index (χ3n) is 7.68. The summed E-state index contributed by atoms with van der Waals surface area (Å²) in [5.74, 6) is 1.11. The number of anilines is 2. The Morgan fingerprint density at radius 3 is 2.24 bits per heavy atom. The van der Waals surface area contributed by atoms with E-state index in [2.05, 4.69) is 10.0 Å². The Morgan fingerprint density at radius 1 is 1.04 bits per heavy atom. The first kappa shape index (κ1) is 33.4. The lowest BCUT2D eigenvalue weighted by molar-refractivity contribution is -0.134. The van der Waals surface area contributed by atoms with E-state index < -0.39 is 22.2 Å². The van der Waals surface area contributed by atoms with Crippen LogP contribution in [0.4, 0.5) is 16.2 Å². The number of nitrogens with zero attached hydrogens (tertiary/aromatic N) is 2. The fourth-order valence-corrected chi connectivity index (χ4v) is 5.98. The van der Waals surface area contributed by atoms with Crippen molar-refractivity contribution >= 4 is 33.3 Å². The highest BCUT2D eigenvalue weighted by molar-refractivity contribution is 7.92. The van der Waals surface area contributed by atoms with Gasteiger partial charge in [0, 0.05) is 36.4 Å². The van der Waals surface area contributed by atoms with E-state index >= 15 is 0 Å². The van der Waals surface area contributed by atoms with E-state index in [1.54, 1.807) is 80.6 Å². The number of hydrogen-bond acceptors (Lipinski definition) is 8. The predicted molar refractivity (Wildman–Crippen MR) is 170 cm³/mol. The van der Waals surface area contributed by atoms with Crippen molar-refractivity contribution in [3.8, 4) is 17.2 Å². The van der Waals surface area contributed by atoms with Gasteiger partial charge >= 0.3 is 6.03 Å². The number of amides is 3. The van der Waals surface area contributed by atoms with Gasteiger partial charge in [0.15, 0.2) is 0 Å². The molecule has 3 amide bonds. The third-order valence-corrected chi connectivity index (χ3v) is 9.08. The molecule has 1 heterocycles. The molecule has 0 fully saturated rings. The number of carbonyl (C=O) groups is 2. The number of aliphatic hydroxyl groups excluding tert-OH is 1. The van der Waals surface area contributed by atoms with Gasteiger partial charge in [-0.25, -0.2) is 13.2 Å². The summed E-state index contributed by atoms with van der Waals surface area (Å²) in [5.41, 5.74) is 1.32. The largest absolute Gasteiger partial charge is 0.497 e. The zero-order valence-corrected chi connectivity index (χ0v) is 26.8. The van der Waals surface area contributed by atoms with E-state index in [1.807, 2.05) is 6.92 Å². The lowest BCUT2D eigenvalue weighted by atomic mass is 10.0. The van der Waals surface area contributed by atoms with Crippen molar-refractivity contribution < 1.29 is 37.3 Å². The summed E-state index contributed by atoms with van der Waals surface area (Å²) in [4.78, 5) is 29.7. The normalized spacial score (nSPS) is 17.5. The Bertz CT molecular complexity index is 1580. The van der Waals surface area contributed by atoms with Crippen molar-refractivity contribution in [1.82, 2.24) is 9.80 Å². The molecule has 242 valence electrons. The quantitative estimate of drug-likeness (QED) is 0.303. The minimum absolute atomic E-state index is 0.0481. The maximum absolute atomic E-state index is 13.5. The van der Waals surface area contributed by atoms with E-state index in [0.717, 1.165) is 0 Å². The number of hydrogen-bond donors (Lipinski definition) is 3. The van der Waals surface area contributed by atoms with Crippen LogP contribution >= 0.6 is 0 Å². The maximum Gasteiger partial charge on any atom is 0.321 e. The zero-order valence-electron chi connectivity index (χ0n) is 26.0. The average Bonchev–Trinajstić information content (AvgIpc) is 3.08. The molecule has 4 rings (SSSR count). The zero-order chi connectivity index (χ0) is 32.7. The number of sulfonamides is 1. The van der Waals surface area contributed by atoms with E-state index in [-0.39, 0.29) is 54.6 Å². The molecular formula is C32H40N4O8S. The van der Waals surface area contributed by atoms with Gasteiger partial charge in [0.05, 0.1) is 44.7 Å². The predicted octanol–water partition coefficient (Wildman–Crippen LogP) is 3.82. The highest BCUT2D eigenvalue weighted by Gasteiger charge is 2.32. The fraction of sp³-hybridized carbons (Fsp3) is 0.375. The van der Waals surface area contributed by atoms with Crippen LogP contribution in [0.15, 0.2) is 71.6 Å².